The number of carbonyl (C=O) groups is 1. The molecule has 3 aromatic rings. The van der Waals surface area contributed by atoms with Gasteiger partial charge >= 0.3 is 0 Å². The number of aromatic nitrogens is 2. The minimum Gasteiger partial charge on any atom is -0.369 e. The van der Waals surface area contributed by atoms with E-state index in [2.05, 4.69) is 56.2 Å². The van der Waals surface area contributed by atoms with E-state index in [4.69, 9.17) is 0 Å². The number of likely N-dealkylation sites (N-methyl/N-ethyl adjacent to an activating group) is 1. The quantitative estimate of drug-likeness (QED) is 0.649. The normalized spacial score (nSPS) is 14.8. The maximum Gasteiger partial charge on any atom is 0.258 e. The van der Waals surface area contributed by atoms with Crippen molar-refractivity contribution in [3.8, 4) is 5.69 Å². The number of piperazine rings is 1. The van der Waals surface area contributed by atoms with Gasteiger partial charge in [-0.3, -0.25) is 4.79 Å². The van der Waals surface area contributed by atoms with Gasteiger partial charge in [0.1, 0.15) is 0 Å². The van der Waals surface area contributed by atoms with E-state index in [1.54, 1.807) is 17.1 Å². The second kappa shape index (κ2) is 8.39. The minimum atomic E-state index is -0.167. The lowest BCUT2D eigenvalue weighted by Gasteiger charge is -2.35. The number of nitrogens with one attached hydrogen (secondary N) is 1. The van der Waals surface area contributed by atoms with Gasteiger partial charge < -0.3 is 15.1 Å². The standard InChI is InChI=1S/C22H24BrN5O/c1-16-13-19(5-8-21(16)27-11-9-26(2)10-12-27)25-22(29)17-14-24-28(15-17)20-6-3-18(23)4-7-20/h3-8,13-15H,9-12H2,1-2H3,(H,25,29). The van der Waals surface area contributed by atoms with Crippen LogP contribution in [0.15, 0.2) is 59.3 Å². The zero-order valence-electron chi connectivity index (χ0n) is 16.6. The van der Waals surface area contributed by atoms with Crippen LogP contribution in [-0.2, 0) is 0 Å². The van der Waals surface area contributed by atoms with Crippen LogP contribution in [0.1, 0.15) is 15.9 Å². The number of hydrogen-bond donors (Lipinski definition) is 1. The van der Waals surface area contributed by atoms with E-state index < -0.39 is 0 Å². The summed E-state index contributed by atoms with van der Waals surface area (Å²) in [4.78, 5) is 17.4. The molecule has 0 spiro atoms. The molecule has 2 heterocycles. The summed E-state index contributed by atoms with van der Waals surface area (Å²) in [7, 11) is 2.15. The maximum atomic E-state index is 12.7. The van der Waals surface area contributed by atoms with Crippen LogP contribution >= 0.6 is 15.9 Å². The fraction of sp³-hybridized carbons (Fsp3) is 0.273. The molecule has 150 valence electrons. The Kier molecular flexibility index (Phi) is 5.69. The van der Waals surface area contributed by atoms with E-state index in [-0.39, 0.29) is 5.91 Å². The molecule has 0 unspecified atom stereocenters. The number of hydrogen-bond acceptors (Lipinski definition) is 4. The van der Waals surface area contributed by atoms with Crippen molar-refractivity contribution >= 4 is 33.2 Å². The third-order valence-corrected chi connectivity index (χ3v) is 5.76. The molecule has 6 nitrogen and oxygen atoms in total. The average molecular weight is 454 g/mol. The summed E-state index contributed by atoms with van der Waals surface area (Å²) in [5.41, 5.74) is 4.62. The van der Waals surface area contributed by atoms with Crippen molar-refractivity contribution in [1.29, 1.82) is 0 Å². The van der Waals surface area contributed by atoms with Crippen molar-refractivity contribution in [1.82, 2.24) is 14.7 Å². The van der Waals surface area contributed by atoms with E-state index in [9.17, 15) is 4.79 Å². The number of amides is 1. The van der Waals surface area contributed by atoms with Gasteiger partial charge in [0.15, 0.2) is 0 Å². The van der Waals surface area contributed by atoms with E-state index in [1.807, 2.05) is 36.4 Å². The van der Waals surface area contributed by atoms with Gasteiger partial charge in [0.25, 0.3) is 5.91 Å². The van der Waals surface area contributed by atoms with E-state index >= 15 is 0 Å². The molecule has 2 aromatic carbocycles. The summed E-state index contributed by atoms with van der Waals surface area (Å²) in [6, 6.07) is 13.9. The predicted molar refractivity (Wildman–Crippen MR) is 120 cm³/mol. The van der Waals surface area contributed by atoms with Crippen LogP contribution in [-0.4, -0.2) is 53.8 Å². The van der Waals surface area contributed by atoms with E-state index in [0.29, 0.717) is 5.56 Å². The molecule has 1 aliphatic rings. The number of carbonyl (C=O) groups excluding carboxylic acids is 1. The number of benzene rings is 2. The van der Waals surface area contributed by atoms with Gasteiger partial charge in [0, 0.05) is 48.2 Å². The van der Waals surface area contributed by atoms with Crippen molar-refractivity contribution in [2.24, 2.45) is 0 Å². The van der Waals surface area contributed by atoms with Gasteiger partial charge in [-0.15, -0.1) is 0 Å². The fourth-order valence-electron chi connectivity index (χ4n) is 3.51. The SMILES string of the molecule is Cc1cc(NC(=O)c2cnn(-c3ccc(Br)cc3)c2)ccc1N1CCN(C)CC1. The molecular formula is C22H24BrN5O. The molecule has 1 fully saturated rings. The lowest BCUT2D eigenvalue weighted by molar-refractivity contribution is 0.102. The first kappa shape index (κ1) is 19.7. The van der Waals surface area contributed by atoms with Crippen LogP contribution < -0.4 is 10.2 Å². The number of anilines is 2. The average Bonchev–Trinajstić information content (AvgIpc) is 3.20. The van der Waals surface area contributed by atoms with Crippen LogP contribution in [0.5, 0.6) is 0 Å². The summed E-state index contributed by atoms with van der Waals surface area (Å²) < 4.78 is 2.70. The summed E-state index contributed by atoms with van der Waals surface area (Å²) >= 11 is 3.42. The predicted octanol–water partition coefficient (Wildman–Crippen LogP) is 3.95. The van der Waals surface area contributed by atoms with Crippen molar-refractivity contribution < 1.29 is 4.79 Å². The maximum absolute atomic E-state index is 12.7. The fourth-order valence-corrected chi connectivity index (χ4v) is 3.78. The second-order valence-electron chi connectivity index (χ2n) is 7.40. The highest BCUT2D eigenvalue weighted by Crippen LogP contribution is 2.25. The molecule has 1 amide bonds. The van der Waals surface area contributed by atoms with Crippen LogP contribution in [0.4, 0.5) is 11.4 Å². The Morgan fingerprint density at radius 3 is 2.48 bits per heavy atom. The van der Waals surface area contributed by atoms with Crippen molar-refractivity contribution in [3.05, 3.63) is 70.5 Å². The molecule has 0 saturated carbocycles. The molecule has 1 aliphatic heterocycles. The molecule has 1 aromatic heterocycles. The van der Waals surface area contributed by atoms with Crippen LogP contribution in [0.25, 0.3) is 5.69 Å². The first-order chi connectivity index (χ1) is 14.0. The van der Waals surface area contributed by atoms with Crippen molar-refractivity contribution in [3.63, 3.8) is 0 Å². The molecule has 0 radical (unpaired) electrons. The Labute approximate surface area is 179 Å². The molecule has 1 saturated heterocycles. The van der Waals surface area contributed by atoms with Crippen LogP contribution in [0.3, 0.4) is 0 Å². The molecule has 4 rings (SSSR count). The molecule has 1 N–H and O–H groups in total. The highest BCUT2D eigenvalue weighted by Gasteiger charge is 2.16. The summed E-state index contributed by atoms with van der Waals surface area (Å²) in [5, 5.41) is 7.29. The first-order valence-corrected chi connectivity index (χ1v) is 10.4. The van der Waals surface area contributed by atoms with Gasteiger partial charge in [-0.1, -0.05) is 15.9 Å². The third kappa shape index (κ3) is 4.52. The van der Waals surface area contributed by atoms with Gasteiger partial charge in [-0.05, 0) is 62.0 Å². The smallest absolute Gasteiger partial charge is 0.258 e. The topological polar surface area (TPSA) is 53.4 Å². The Balaban J connectivity index is 1.45. The lowest BCUT2D eigenvalue weighted by Crippen LogP contribution is -2.44. The lowest BCUT2D eigenvalue weighted by atomic mass is 10.1. The summed E-state index contributed by atoms with van der Waals surface area (Å²) in [6.45, 7) is 6.28. The molecule has 0 atom stereocenters. The van der Waals surface area contributed by atoms with Gasteiger partial charge in [0.2, 0.25) is 0 Å². The second-order valence-corrected chi connectivity index (χ2v) is 8.31. The Morgan fingerprint density at radius 1 is 1.07 bits per heavy atom. The first-order valence-electron chi connectivity index (χ1n) is 9.66. The summed E-state index contributed by atoms with van der Waals surface area (Å²) in [6.07, 6.45) is 3.33. The Morgan fingerprint density at radius 2 is 1.79 bits per heavy atom. The zero-order valence-corrected chi connectivity index (χ0v) is 18.2. The largest absolute Gasteiger partial charge is 0.369 e. The number of rotatable bonds is 4. The van der Waals surface area contributed by atoms with Gasteiger partial charge in [0.05, 0.1) is 17.4 Å². The highest BCUT2D eigenvalue weighted by atomic mass is 79.9. The number of nitrogens with zero attached hydrogens (tertiary/aromatic N) is 4. The van der Waals surface area contributed by atoms with E-state index in [0.717, 1.165) is 47.6 Å². The van der Waals surface area contributed by atoms with Crippen molar-refractivity contribution in [2.75, 3.05) is 43.4 Å². The van der Waals surface area contributed by atoms with Crippen molar-refractivity contribution in [2.45, 2.75) is 6.92 Å². The monoisotopic (exact) mass is 453 g/mol. The Hall–Kier alpha value is -2.64. The minimum absolute atomic E-state index is 0.167. The highest BCUT2D eigenvalue weighted by molar-refractivity contribution is 9.10. The van der Waals surface area contributed by atoms with Gasteiger partial charge in [-0.25, -0.2) is 4.68 Å². The molecule has 29 heavy (non-hydrogen) atoms. The van der Waals surface area contributed by atoms with Gasteiger partial charge in [-0.2, -0.15) is 5.10 Å². The zero-order chi connectivity index (χ0) is 20.4. The molecule has 0 bridgehead atoms. The number of halogens is 1. The summed E-state index contributed by atoms with van der Waals surface area (Å²) in [5.74, 6) is -0.167. The number of aryl methyl sites for hydroxylation is 1. The van der Waals surface area contributed by atoms with E-state index in [1.165, 1.54) is 5.69 Å². The molecule has 7 heteroatoms. The third-order valence-electron chi connectivity index (χ3n) is 5.23. The Bertz CT molecular complexity index is 1010. The molecular weight excluding hydrogens is 430 g/mol. The van der Waals surface area contributed by atoms with Crippen LogP contribution in [0, 0.1) is 6.92 Å². The van der Waals surface area contributed by atoms with Crippen LogP contribution in [0.2, 0.25) is 0 Å². The molecule has 0 aliphatic carbocycles.